The lowest BCUT2D eigenvalue weighted by Crippen LogP contribution is -2.39. The smallest absolute Gasteiger partial charge is 0.322 e. The molecule has 8 nitrogen and oxygen atoms in total. The molecule has 0 bridgehead atoms. The van der Waals surface area contributed by atoms with Gasteiger partial charge < -0.3 is 14.7 Å². The molecule has 9 heteroatoms. The number of imidazole rings is 1. The number of amides is 1. The van der Waals surface area contributed by atoms with E-state index in [0.717, 1.165) is 33.2 Å². The Labute approximate surface area is 204 Å². The van der Waals surface area contributed by atoms with Crippen molar-refractivity contribution < 1.29 is 4.79 Å². The molecule has 0 spiro atoms. The number of nitrogens with one attached hydrogen (secondary N) is 2. The van der Waals surface area contributed by atoms with E-state index in [2.05, 4.69) is 15.3 Å². The summed E-state index contributed by atoms with van der Waals surface area (Å²) in [5.74, 6) is -0.637. The normalized spacial score (nSPS) is 11.0. The number of halogens is 1. The minimum atomic E-state index is -0.710. The van der Waals surface area contributed by atoms with Gasteiger partial charge in [0, 0.05) is 34.9 Å². The summed E-state index contributed by atoms with van der Waals surface area (Å²) >= 11 is 6.17. The van der Waals surface area contributed by atoms with E-state index in [1.807, 2.05) is 41.9 Å². The van der Waals surface area contributed by atoms with Crippen LogP contribution in [0.15, 0.2) is 88.8 Å². The van der Waals surface area contributed by atoms with Gasteiger partial charge in [-0.15, -0.1) is 0 Å². The fraction of sp³-hybridized carbons (Fsp3) is 0.0769. The number of carbonyl (C=O) groups excluding carboxylic acids is 1. The second kappa shape index (κ2) is 9.08. The van der Waals surface area contributed by atoms with E-state index in [0.29, 0.717) is 16.3 Å². The maximum absolute atomic E-state index is 13.0. The first-order valence-electron chi connectivity index (χ1n) is 10.8. The third-order valence-corrected chi connectivity index (χ3v) is 6.05. The highest BCUT2D eigenvalue weighted by atomic mass is 35.5. The molecular formula is C26H20ClN5O3. The van der Waals surface area contributed by atoms with Crippen LogP contribution in [0.25, 0.3) is 16.9 Å². The molecule has 0 atom stereocenters. The lowest BCUT2D eigenvalue weighted by atomic mass is 10.1. The second-order valence-electron chi connectivity index (χ2n) is 8.07. The standard InChI is InChI=1S/C26H20ClN5O3/c1-16-6-5-11-31-15-22(30-23(16)31)17-8-4-9-19(12-17)29-24(33)20-13-28-26(35)32(25(20)34)14-18-7-2-3-10-21(18)27/h2-13,15H,14H2,1H3,(H,28,35)(H,29,33). The monoisotopic (exact) mass is 485 g/mol. The van der Waals surface area contributed by atoms with Gasteiger partial charge in [0.05, 0.1) is 12.2 Å². The molecule has 174 valence electrons. The highest BCUT2D eigenvalue weighted by Gasteiger charge is 2.16. The molecule has 2 aromatic carbocycles. The van der Waals surface area contributed by atoms with E-state index in [-0.39, 0.29) is 12.1 Å². The summed E-state index contributed by atoms with van der Waals surface area (Å²) in [6.45, 7) is 1.93. The van der Waals surface area contributed by atoms with Crippen molar-refractivity contribution in [2.24, 2.45) is 0 Å². The molecule has 2 N–H and O–H groups in total. The Bertz CT molecular complexity index is 1700. The summed E-state index contributed by atoms with van der Waals surface area (Å²) in [5.41, 5.74) is 3.02. The van der Waals surface area contributed by atoms with Crippen LogP contribution in [0.5, 0.6) is 0 Å². The zero-order valence-electron chi connectivity index (χ0n) is 18.7. The number of benzene rings is 2. The summed E-state index contributed by atoms with van der Waals surface area (Å²) in [4.78, 5) is 45.4. The maximum Gasteiger partial charge on any atom is 0.328 e. The first-order valence-corrected chi connectivity index (χ1v) is 11.2. The Hall–Kier alpha value is -4.43. The summed E-state index contributed by atoms with van der Waals surface area (Å²) in [5, 5.41) is 3.17. The van der Waals surface area contributed by atoms with Gasteiger partial charge in [-0.2, -0.15) is 0 Å². The molecular weight excluding hydrogens is 466 g/mol. The van der Waals surface area contributed by atoms with Crippen molar-refractivity contribution in [2.45, 2.75) is 13.5 Å². The number of hydrogen-bond acceptors (Lipinski definition) is 4. The van der Waals surface area contributed by atoms with Crippen LogP contribution in [0, 0.1) is 6.92 Å². The Morgan fingerprint density at radius 3 is 2.71 bits per heavy atom. The Balaban J connectivity index is 1.43. The van der Waals surface area contributed by atoms with Gasteiger partial charge in [-0.3, -0.25) is 14.2 Å². The van der Waals surface area contributed by atoms with Gasteiger partial charge >= 0.3 is 5.69 Å². The summed E-state index contributed by atoms with van der Waals surface area (Å²) < 4.78 is 2.89. The third kappa shape index (κ3) is 4.39. The van der Waals surface area contributed by atoms with Gasteiger partial charge in [0.2, 0.25) is 0 Å². The number of pyridine rings is 1. The van der Waals surface area contributed by atoms with Gasteiger partial charge in [-0.05, 0) is 42.3 Å². The van der Waals surface area contributed by atoms with Crippen molar-refractivity contribution in [3.63, 3.8) is 0 Å². The number of hydrogen-bond donors (Lipinski definition) is 2. The number of aromatic nitrogens is 4. The number of fused-ring (bicyclic) bond motifs is 1. The van der Waals surface area contributed by atoms with Gasteiger partial charge in [0.15, 0.2) is 0 Å². The van der Waals surface area contributed by atoms with Crippen molar-refractivity contribution in [3.8, 4) is 11.3 Å². The topological polar surface area (TPSA) is 101 Å². The number of nitrogens with zero attached hydrogens (tertiary/aromatic N) is 3. The molecule has 0 radical (unpaired) electrons. The van der Waals surface area contributed by atoms with Crippen molar-refractivity contribution in [1.29, 1.82) is 0 Å². The quantitative estimate of drug-likeness (QED) is 0.391. The minimum Gasteiger partial charge on any atom is -0.322 e. The molecule has 35 heavy (non-hydrogen) atoms. The molecule has 0 aliphatic rings. The van der Waals surface area contributed by atoms with Crippen molar-refractivity contribution in [3.05, 3.63) is 122 Å². The molecule has 5 aromatic rings. The molecule has 0 aliphatic carbocycles. The Morgan fingerprint density at radius 2 is 1.91 bits per heavy atom. The maximum atomic E-state index is 13.0. The van der Waals surface area contributed by atoms with Crippen LogP contribution >= 0.6 is 11.6 Å². The van der Waals surface area contributed by atoms with E-state index >= 15 is 0 Å². The summed E-state index contributed by atoms with van der Waals surface area (Å²) in [6, 6.07) is 18.0. The van der Waals surface area contributed by atoms with Crippen LogP contribution < -0.4 is 16.6 Å². The number of aryl methyl sites for hydroxylation is 1. The van der Waals surface area contributed by atoms with Gasteiger partial charge in [0.1, 0.15) is 11.2 Å². The molecule has 0 aliphatic heterocycles. The average Bonchev–Trinajstić information content (AvgIpc) is 3.29. The van der Waals surface area contributed by atoms with Crippen molar-refractivity contribution in [2.75, 3.05) is 5.32 Å². The number of carbonyl (C=O) groups is 1. The van der Waals surface area contributed by atoms with Crippen LogP contribution in [0.1, 0.15) is 21.5 Å². The molecule has 0 fully saturated rings. The number of aromatic amines is 1. The van der Waals surface area contributed by atoms with Crippen LogP contribution in [-0.2, 0) is 6.54 Å². The number of H-pyrrole nitrogens is 1. The highest BCUT2D eigenvalue weighted by Crippen LogP contribution is 2.23. The molecule has 1 amide bonds. The fourth-order valence-corrected chi connectivity index (χ4v) is 4.06. The number of rotatable bonds is 5. The van der Waals surface area contributed by atoms with Gasteiger partial charge in [0.25, 0.3) is 11.5 Å². The predicted molar refractivity (Wildman–Crippen MR) is 135 cm³/mol. The van der Waals surface area contributed by atoms with Crippen LogP contribution in [0.4, 0.5) is 5.69 Å². The molecule has 0 saturated carbocycles. The first-order chi connectivity index (χ1) is 16.9. The fourth-order valence-electron chi connectivity index (χ4n) is 3.86. The van der Waals surface area contributed by atoms with Crippen molar-refractivity contribution in [1.82, 2.24) is 18.9 Å². The van der Waals surface area contributed by atoms with Crippen LogP contribution in [0.3, 0.4) is 0 Å². The molecule has 5 rings (SSSR count). The molecule has 0 saturated heterocycles. The molecule has 0 unspecified atom stereocenters. The first kappa shape index (κ1) is 22.4. The largest absolute Gasteiger partial charge is 0.328 e. The number of anilines is 1. The molecule has 3 heterocycles. The van der Waals surface area contributed by atoms with E-state index in [1.54, 1.807) is 42.5 Å². The zero-order valence-corrected chi connectivity index (χ0v) is 19.4. The SMILES string of the molecule is Cc1cccn2cc(-c3cccc(NC(=O)c4c[nH]c(=O)n(Cc5ccccc5Cl)c4=O)c3)nc12. The highest BCUT2D eigenvalue weighted by molar-refractivity contribution is 6.31. The van der Waals surface area contributed by atoms with E-state index in [9.17, 15) is 14.4 Å². The zero-order chi connectivity index (χ0) is 24.5. The Morgan fingerprint density at radius 1 is 1.09 bits per heavy atom. The van der Waals surface area contributed by atoms with Crippen LogP contribution in [0.2, 0.25) is 5.02 Å². The van der Waals surface area contributed by atoms with Crippen molar-refractivity contribution >= 4 is 28.8 Å². The van der Waals surface area contributed by atoms with E-state index in [4.69, 9.17) is 11.6 Å². The lowest BCUT2D eigenvalue weighted by Gasteiger charge is -2.10. The Kier molecular flexibility index (Phi) is 5.80. The second-order valence-corrected chi connectivity index (χ2v) is 8.48. The minimum absolute atomic E-state index is 0.0578. The average molecular weight is 486 g/mol. The summed E-state index contributed by atoms with van der Waals surface area (Å²) in [7, 11) is 0. The molecule has 3 aromatic heterocycles. The van der Waals surface area contributed by atoms with E-state index < -0.39 is 17.2 Å². The van der Waals surface area contributed by atoms with Gasteiger partial charge in [-0.25, -0.2) is 9.78 Å². The third-order valence-electron chi connectivity index (χ3n) is 5.69. The van der Waals surface area contributed by atoms with Crippen LogP contribution in [-0.4, -0.2) is 24.8 Å². The predicted octanol–water partition coefficient (Wildman–Crippen LogP) is 4.11. The van der Waals surface area contributed by atoms with Gasteiger partial charge in [-0.1, -0.05) is 48.0 Å². The lowest BCUT2D eigenvalue weighted by molar-refractivity contribution is 0.102. The summed E-state index contributed by atoms with van der Waals surface area (Å²) in [6.07, 6.45) is 4.96. The van der Waals surface area contributed by atoms with E-state index in [1.165, 1.54) is 0 Å².